The Balaban J connectivity index is 1.39. The highest BCUT2D eigenvalue weighted by molar-refractivity contribution is 8.00. The predicted octanol–water partition coefficient (Wildman–Crippen LogP) is 4.37. The first-order valence-electron chi connectivity index (χ1n) is 11.4. The lowest BCUT2D eigenvalue weighted by molar-refractivity contribution is -0.118. The highest BCUT2D eigenvalue weighted by Crippen LogP contribution is 2.35. The van der Waals surface area contributed by atoms with Crippen molar-refractivity contribution in [3.63, 3.8) is 0 Å². The quantitative estimate of drug-likeness (QED) is 0.519. The number of carbonyl (C=O) groups is 1. The van der Waals surface area contributed by atoms with E-state index in [-0.39, 0.29) is 17.2 Å². The molecule has 168 valence electrons. The summed E-state index contributed by atoms with van der Waals surface area (Å²) in [5, 5.41) is 9.51. The summed E-state index contributed by atoms with van der Waals surface area (Å²) in [4.78, 5) is 17.7. The van der Waals surface area contributed by atoms with Crippen molar-refractivity contribution in [3.05, 3.63) is 54.0 Å². The molecule has 1 fully saturated rings. The van der Waals surface area contributed by atoms with Gasteiger partial charge in [0.15, 0.2) is 5.16 Å². The fourth-order valence-electron chi connectivity index (χ4n) is 4.70. The van der Waals surface area contributed by atoms with Crippen LogP contribution < -0.4 is 9.80 Å². The molecule has 2 aliphatic rings. The molecular weight excluding hydrogens is 422 g/mol. The van der Waals surface area contributed by atoms with Crippen molar-refractivity contribution in [1.29, 1.82) is 0 Å². The van der Waals surface area contributed by atoms with Crippen LogP contribution in [0.25, 0.3) is 0 Å². The number of aromatic nitrogens is 3. The van der Waals surface area contributed by atoms with Gasteiger partial charge in [0.2, 0.25) is 11.9 Å². The molecule has 0 spiro atoms. The molecule has 0 N–H and O–H groups in total. The number of benzene rings is 1. The Bertz CT molecular complexity index is 1070. The van der Waals surface area contributed by atoms with Crippen LogP contribution in [0.2, 0.25) is 0 Å². The number of furan rings is 1. The van der Waals surface area contributed by atoms with Gasteiger partial charge in [-0.3, -0.25) is 9.36 Å². The standard InChI is InChI=1S/C24H29N5O2S/c1-17-15-19-9-4-5-11-21(19)29(17)22(30)18(2)32-24-26-25-23(27-12-6-3-7-13-27)28(24)16-20-10-8-14-31-20/h4-5,8-11,14,17-18H,3,6-7,12-13,15-16H2,1-2H3. The molecule has 1 aromatic carbocycles. The molecule has 3 aromatic rings. The van der Waals surface area contributed by atoms with E-state index in [1.807, 2.05) is 42.2 Å². The maximum Gasteiger partial charge on any atom is 0.240 e. The first-order valence-corrected chi connectivity index (χ1v) is 12.3. The van der Waals surface area contributed by atoms with Crippen LogP contribution in [-0.4, -0.2) is 45.1 Å². The van der Waals surface area contributed by atoms with Gasteiger partial charge in [0.05, 0.1) is 18.1 Å². The summed E-state index contributed by atoms with van der Waals surface area (Å²) in [5.41, 5.74) is 2.27. The minimum Gasteiger partial charge on any atom is -0.467 e. The number of thioether (sulfide) groups is 1. The van der Waals surface area contributed by atoms with Gasteiger partial charge in [-0.05, 0) is 63.3 Å². The normalized spacial score (nSPS) is 19.2. The number of amides is 1. The van der Waals surface area contributed by atoms with Crippen LogP contribution >= 0.6 is 11.8 Å². The molecule has 1 saturated heterocycles. The van der Waals surface area contributed by atoms with Crippen molar-refractivity contribution in [2.75, 3.05) is 22.9 Å². The molecule has 0 bridgehead atoms. The van der Waals surface area contributed by atoms with Gasteiger partial charge in [0, 0.05) is 24.8 Å². The number of fused-ring (bicyclic) bond motifs is 1. The molecule has 7 nitrogen and oxygen atoms in total. The zero-order valence-electron chi connectivity index (χ0n) is 18.6. The smallest absolute Gasteiger partial charge is 0.240 e. The molecule has 2 aliphatic heterocycles. The van der Waals surface area contributed by atoms with Crippen molar-refractivity contribution in [2.24, 2.45) is 0 Å². The number of hydrogen-bond acceptors (Lipinski definition) is 6. The largest absolute Gasteiger partial charge is 0.467 e. The van der Waals surface area contributed by atoms with E-state index in [9.17, 15) is 4.79 Å². The maximum absolute atomic E-state index is 13.5. The van der Waals surface area contributed by atoms with Crippen LogP contribution in [0, 0.1) is 0 Å². The average molecular weight is 452 g/mol. The molecule has 0 radical (unpaired) electrons. The maximum atomic E-state index is 13.5. The Morgan fingerprint density at radius 2 is 1.97 bits per heavy atom. The van der Waals surface area contributed by atoms with Crippen LogP contribution in [0.15, 0.2) is 52.2 Å². The van der Waals surface area contributed by atoms with Crippen molar-refractivity contribution in [1.82, 2.24) is 14.8 Å². The van der Waals surface area contributed by atoms with Gasteiger partial charge in [-0.15, -0.1) is 10.2 Å². The highest BCUT2D eigenvalue weighted by Gasteiger charge is 2.34. The molecule has 32 heavy (non-hydrogen) atoms. The summed E-state index contributed by atoms with van der Waals surface area (Å²) in [6.07, 6.45) is 6.17. The van der Waals surface area contributed by atoms with E-state index in [1.165, 1.54) is 23.7 Å². The molecular formula is C24H29N5O2S. The summed E-state index contributed by atoms with van der Waals surface area (Å²) in [7, 11) is 0. The van der Waals surface area contributed by atoms with Crippen molar-refractivity contribution in [2.45, 2.75) is 62.5 Å². The minimum atomic E-state index is -0.280. The molecule has 0 aliphatic carbocycles. The van der Waals surface area contributed by atoms with Crippen LogP contribution in [-0.2, 0) is 17.8 Å². The Kier molecular flexibility index (Phi) is 5.95. The van der Waals surface area contributed by atoms with Gasteiger partial charge >= 0.3 is 0 Å². The lowest BCUT2D eigenvalue weighted by Gasteiger charge is -2.28. The lowest BCUT2D eigenvalue weighted by atomic mass is 10.1. The number of carbonyl (C=O) groups excluding carboxylic acids is 1. The fourth-order valence-corrected chi connectivity index (χ4v) is 5.59. The predicted molar refractivity (Wildman–Crippen MR) is 126 cm³/mol. The molecule has 1 amide bonds. The topological polar surface area (TPSA) is 67.4 Å². The van der Waals surface area contributed by atoms with Crippen LogP contribution in [0.5, 0.6) is 0 Å². The SMILES string of the molecule is CC(Sc1nnc(N2CCCCC2)n1Cc1ccco1)C(=O)N1c2ccccc2CC1C. The van der Waals surface area contributed by atoms with E-state index >= 15 is 0 Å². The van der Waals surface area contributed by atoms with E-state index in [0.29, 0.717) is 6.54 Å². The van der Waals surface area contributed by atoms with Crippen molar-refractivity contribution < 1.29 is 9.21 Å². The lowest BCUT2D eigenvalue weighted by Crippen LogP contribution is -2.40. The van der Waals surface area contributed by atoms with Gasteiger partial charge in [-0.2, -0.15) is 0 Å². The second kappa shape index (κ2) is 9.02. The zero-order valence-corrected chi connectivity index (χ0v) is 19.4. The van der Waals surface area contributed by atoms with Crippen molar-refractivity contribution in [3.8, 4) is 0 Å². The fraction of sp³-hybridized carbons (Fsp3) is 0.458. The number of piperidine rings is 1. The molecule has 2 aromatic heterocycles. The summed E-state index contributed by atoms with van der Waals surface area (Å²) < 4.78 is 7.71. The third-order valence-corrected chi connectivity index (χ3v) is 7.37. The minimum absolute atomic E-state index is 0.111. The van der Waals surface area contributed by atoms with Gasteiger partial charge in [0.25, 0.3) is 0 Å². The molecule has 2 atom stereocenters. The van der Waals surface area contributed by atoms with E-state index < -0.39 is 0 Å². The Morgan fingerprint density at radius 3 is 2.75 bits per heavy atom. The Morgan fingerprint density at radius 1 is 1.16 bits per heavy atom. The summed E-state index contributed by atoms with van der Waals surface area (Å²) in [5.74, 6) is 1.83. The third kappa shape index (κ3) is 4.03. The van der Waals surface area contributed by atoms with Crippen molar-refractivity contribution >= 4 is 29.3 Å². The van der Waals surface area contributed by atoms with Gasteiger partial charge < -0.3 is 14.2 Å². The van der Waals surface area contributed by atoms with Crippen LogP contribution in [0.1, 0.15) is 44.4 Å². The monoisotopic (exact) mass is 451 g/mol. The molecule has 0 saturated carbocycles. The van der Waals surface area contributed by atoms with E-state index in [0.717, 1.165) is 54.9 Å². The Labute approximate surface area is 192 Å². The molecule has 2 unspecified atom stereocenters. The number of nitrogens with zero attached hydrogens (tertiary/aromatic N) is 5. The zero-order chi connectivity index (χ0) is 22.1. The average Bonchev–Trinajstić information content (AvgIpc) is 3.53. The van der Waals surface area contributed by atoms with Gasteiger partial charge in [0.1, 0.15) is 5.76 Å². The number of hydrogen-bond donors (Lipinski definition) is 0. The van der Waals surface area contributed by atoms with E-state index in [2.05, 4.69) is 32.7 Å². The number of rotatable bonds is 6. The van der Waals surface area contributed by atoms with E-state index in [1.54, 1.807) is 6.26 Å². The number of para-hydroxylation sites is 1. The highest BCUT2D eigenvalue weighted by atomic mass is 32.2. The number of anilines is 2. The second-order valence-corrected chi connectivity index (χ2v) is 9.95. The molecule has 8 heteroatoms. The Hall–Kier alpha value is -2.74. The van der Waals surface area contributed by atoms with Crippen LogP contribution in [0.3, 0.4) is 0 Å². The summed E-state index contributed by atoms with van der Waals surface area (Å²) in [6, 6.07) is 12.2. The first-order chi connectivity index (χ1) is 15.6. The summed E-state index contributed by atoms with van der Waals surface area (Å²) in [6.45, 7) is 6.60. The first kappa shape index (κ1) is 21.1. The van der Waals surface area contributed by atoms with Crippen LogP contribution in [0.4, 0.5) is 11.6 Å². The summed E-state index contributed by atoms with van der Waals surface area (Å²) >= 11 is 1.48. The molecule has 4 heterocycles. The van der Waals surface area contributed by atoms with E-state index in [4.69, 9.17) is 4.42 Å². The van der Waals surface area contributed by atoms with Gasteiger partial charge in [-0.25, -0.2) is 0 Å². The second-order valence-electron chi connectivity index (χ2n) is 8.65. The van der Waals surface area contributed by atoms with Gasteiger partial charge in [-0.1, -0.05) is 30.0 Å². The third-order valence-electron chi connectivity index (χ3n) is 6.30. The molecule has 5 rings (SSSR count).